The van der Waals surface area contributed by atoms with Gasteiger partial charge in [0.05, 0.1) is 18.3 Å². The Kier molecular flexibility index (Phi) is 10.1. The van der Waals surface area contributed by atoms with Crippen LogP contribution in [-0.2, 0) is 11.2 Å². The summed E-state index contributed by atoms with van der Waals surface area (Å²) in [6.45, 7) is 2.53. The maximum atomic E-state index is 11.5. The van der Waals surface area contributed by atoms with Crippen molar-refractivity contribution >= 4 is 5.91 Å². The predicted molar refractivity (Wildman–Crippen MR) is 115 cm³/mol. The van der Waals surface area contributed by atoms with Crippen LogP contribution in [0.1, 0.15) is 44.6 Å². The van der Waals surface area contributed by atoms with Gasteiger partial charge in [0.2, 0.25) is 5.91 Å². The highest BCUT2D eigenvalue weighted by Crippen LogP contribution is 2.36. The molecule has 0 unspecified atom stereocenters. The molecule has 1 fully saturated rings. The van der Waals surface area contributed by atoms with Crippen LogP contribution >= 0.6 is 0 Å². The van der Waals surface area contributed by atoms with Crippen LogP contribution in [0, 0.1) is 11.8 Å². The van der Waals surface area contributed by atoms with E-state index in [-0.39, 0.29) is 17.7 Å². The Hall–Kier alpha value is -1.95. The second-order valence-corrected chi connectivity index (χ2v) is 7.79. The number of allylic oxidation sites excluding steroid dienone is 2. The number of benzene rings is 1. The summed E-state index contributed by atoms with van der Waals surface area (Å²) in [6, 6.07) is 10.0. The highest BCUT2D eigenvalue weighted by Gasteiger charge is 2.39. The maximum absolute atomic E-state index is 11.5. The molecule has 0 bridgehead atoms. The Bertz CT molecular complexity index is 658. The standard InChI is InChI=1S/C24H35NO4/c1-2-25-24(29)12-8-4-7-11-20-21(23(28)17-22(20)27)16-15-19(26)14-13-18-9-5-3-6-10-18/h3-7,9-10,15-16,19-23,26-28H,2,8,11-14,17H2,1H3,(H,25,29)/b7-4-,16-15+/t19-,20+,21+,22-,23+/m0/s1. The van der Waals surface area contributed by atoms with E-state index >= 15 is 0 Å². The van der Waals surface area contributed by atoms with E-state index in [4.69, 9.17) is 0 Å². The topological polar surface area (TPSA) is 89.8 Å². The Morgan fingerprint density at radius 1 is 1.21 bits per heavy atom. The van der Waals surface area contributed by atoms with E-state index in [2.05, 4.69) is 5.32 Å². The molecular weight excluding hydrogens is 366 g/mol. The summed E-state index contributed by atoms with van der Waals surface area (Å²) in [7, 11) is 0. The molecule has 0 aliphatic heterocycles. The number of hydrogen-bond donors (Lipinski definition) is 4. The largest absolute Gasteiger partial charge is 0.393 e. The molecule has 2 rings (SSSR count). The van der Waals surface area contributed by atoms with Crippen LogP contribution in [0.15, 0.2) is 54.6 Å². The quantitative estimate of drug-likeness (QED) is 0.429. The monoisotopic (exact) mass is 401 g/mol. The Morgan fingerprint density at radius 2 is 1.97 bits per heavy atom. The van der Waals surface area contributed by atoms with Crippen LogP contribution < -0.4 is 5.32 Å². The van der Waals surface area contributed by atoms with Crippen LogP contribution in [-0.4, -0.2) is 46.1 Å². The van der Waals surface area contributed by atoms with Crippen molar-refractivity contribution in [1.82, 2.24) is 5.32 Å². The van der Waals surface area contributed by atoms with Gasteiger partial charge in [0.1, 0.15) is 0 Å². The third kappa shape index (κ3) is 8.13. The minimum absolute atomic E-state index is 0.0405. The molecule has 0 aromatic heterocycles. The molecule has 1 aromatic rings. The molecule has 160 valence electrons. The normalized spacial score (nSPS) is 25.7. The minimum atomic E-state index is -0.601. The second kappa shape index (κ2) is 12.6. The summed E-state index contributed by atoms with van der Waals surface area (Å²) in [4.78, 5) is 11.5. The third-order valence-electron chi connectivity index (χ3n) is 5.53. The first-order valence-electron chi connectivity index (χ1n) is 10.7. The van der Waals surface area contributed by atoms with Gasteiger partial charge in [-0.2, -0.15) is 0 Å². The third-order valence-corrected chi connectivity index (χ3v) is 5.53. The Labute approximate surface area is 174 Å². The molecule has 1 aliphatic rings. The highest BCUT2D eigenvalue weighted by molar-refractivity contribution is 5.75. The second-order valence-electron chi connectivity index (χ2n) is 7.79. The van der Waals surface area contributed by atoms with E-state index in [1.807, 2.05) is 55.5 Å². The number of aryl methyl sites for hydroxylation is 1. The Balaban J connectivity index is 1.81. The molecule has 5 nitrogen and oxygen atoms in total. The van der Waals surface area contributed by atoms with Crippen molar-refractivity contribution in [2.75, 3.05) is 6.54 Å². The van der Waals surface area contributed by atoms with Gasteiger partial charge in [-0.3, -0.25) is 4.79 Å². The number of amides is 1. The summed E-state index contributed by atoms with van der Waals surface area (Å²) in [5.41, 5.74) is 1.19. The minimum Gasteiger partial charge on any atom is -0.393 e. The lowest BCUT2D eigenvalue weighted by Crippen LogP contribution is -2.21. The predicted octanol–water partition coefficient (Wildman–Crippen LogP) is 2.76. The molecule has 1 amide bonds. The first kappa shape index (κ1) is 23.3. The van der Waals surface area contributed by atoms with Crippen molar-refractivity contribution in [3.8, 4) is 0 Å². The lowest BCUT2D eigenvalue weighted by Gasteiger charge is -2.19. The lowest BCUT2D eigenvalue weighted by molar-refractivity contribution is -0.120. The molecule has 0 heterocycles. The van der Waals surface area contributed by atoms with E-state index in [0.29, 0.717) is 38.6 Å². The van der Waals surface area contributed by atoms with Crippen LogP contribution in [0.4, 0.5) is 0 Å². The van der Waals surface area contributed by atoms with E-state index < -0.39 is 18.3 Å². The van der Waals surface area contributed by atoms with Gasteiger partial charge >= 0.3 is 0 Å². The first-order chi connectivity index (χ1) is 14.0. The van der Waals surface area contributed by atoms with Gasteiger partial charge in [0.15, 0.2) is 0 Å². The first-order valence-corrected chi connectivity index (χ1v) is 10.7. The number of carbonyl (C=O) groups excluding carboxylic acids is 1. The van der Waals surface area contributed by atoms with Gasteiger partial charge < -0.3 is 20.6 Å². The number of aliphatic hydroxyl groups is 3. The molecule has 1 aliphatic carbocycles. The number of aliphatic hydroxyl groups excluding tert-OH is 3. The van der Waals surface area contributed by atoms with Gasteiger partial charge in [0, 0.05) is 25.3 Å². The van der Waals surface area contributed by atoms with Gasteiger partial charge in [-0.05, 0) is 44.1 Å². The summed E-state index contributed by atoms with van der Waals surface area (Å²) >= 11 is 0. The van der Waals surface area contributed by atoms with Crippen LogP contribution in [0.3, 0.4) is 0 Å². The van der Waals surface area contributed by atoms with E-state index in [1.165, 1.54) is 5.56 Å². The zero-order valence-corrected chi connectivity index (χ0v) is 17.3. The lowest BCUT2D eigenvalue weighted by atomic mass is 9.89. The van der Waals surface area contributed by atoms with Crippen LogP contribution in [0.5, 0.6) is 0 Å². The summed E-state index contributed by atoms with van der Waals surface area (Å²) in [5.74, 6) is -0.216. The molecule has 5 heteroatoms. The van der Waals surface area contributed by atoms with Crippen molar-refractivity contribution in [1.29, 1.82) is 0 Å². The molecule has 1 aromatic carbocycles. The SMILES string of the molecule is CCNC(=O)CC/C=C\C[C@@H]1[C@@H](/C=C/[C@@H](O)CCc2ccccc2)[C@H](O)C[C@@H]1O. The maximum Gasteiger partial charge on any atom is 0.220 e. The highest BCUT2D eigenvalue weighted by atomic mass is 16.3. The summed E-state index contributed by atoms with van der Waals surface area (Å²) < 4.78 is 0. The van der Waals surface area contributed by atoms with Crippen molar-refractivity contribution in [2.45, 2.75) is 63.8 Å². The van der Waals surface area contributed by atoms with E-state index in [0.717, 1.165) is 6.42 Å². The zero-order valence-electron chi connectivity index (χ0n) is 17.3. The van der Waals surface area contributed by atoms with E-state index in [1.54, 1.807) is 6.08 Å². The van der Waals surface area contributed by atoms with Crippen molar-refractivity contribution in [3.63, 3.8) is 0 Å². The molecule has 0 radical (unpaired) electrons. The molecule has 4 N–H and O–H groups in total. The zero-order chi connectivity index (χ0) is 21.1. The van der Waals surface area contributed by atoms with Crippen molar-refractivity contribution in [3.05, 3.63) is 60.2 Å². The fraction of sp³-hybridized carbons (Fsp3) is 0.542. The van der Waals surface area contributed by atoms with Crippen LogP contribution in [0.2, 0.25) is 0 Å². The number of hydrogen-bond acceptors (Lipinski definition) is 4. The fourth-order valence-corrected chi connectivity index (χ4v) is 3.89. The molecule has 0 saturated heterocycles. The fourth-order valence-electron chi connectivity index (χ4n) is 3.89. The molecule has 1 saturated carbocycles. The van der Waals surface area contributed by atoms with Crippen LogP contribution in [0.25, 0.3) is 0 Å². The number of rotatable bonds is 11. The average molecular weight is 402 g/mol. The molecule has 0 spiro atoms. The Morgan fingerprint density at radius 3 is 2.69 bits per heavy atom. The van der Waals surface area contributed by atoms with Gasteiger partial charge in [0.25, 0.3) is 0 Å². The summed E-state index contributed by atoms with van der Waals surface area (Å²) in [5, 5.41) is 33.7. The van der Waals surface area contributed by atoms with Gasteiger partial charge in [-0.15, -0.1) is 0 Å². The number of nitrogens with one attached hydrogen (secondary N) is 1. The molecule has 5 atom stereocenters. The smallest absolute Gasteiger partial charge is 0.220 e. The molecular formula is C24H35NO4. The van der Waals surface area contributed by atoms with Crippen molar-refractivity contribution in [2.24, 2.45) is 11.8 Å². The van der Waals surface area contributed by atoms with Gasteiger partial charge in [-0.1, -0.05) is 54.6 Å². The van der Waals surface area contributed by atoms with E-state index in [9.17, 15) is 20.1 Å². The molecule has 29 heavy (non-hydrogen) atoms. The van der Waals surface area contributed by atoms with Gasteiger partial charge in [-0.25, -0.2) is 0 Å². The summed E-state index contributed by atoms with van der Waals surface area (Å²) in [6.07, 6.45) is 9.35. The number of carbonyl (C=O) groups is 1. The average Bonchev–Trinajstić information content (AvgIpc) is 2.98. The van der Waals surface area contributed by atoms with Crippen molar-refractivity contribution < 1.29 is 20.1 Å².